The maximum Gasteiger partial charge on any atom is 0.264 e. The lowest BCUT2D eigenvalue weighted by atomic mass is 10.1. The third kappa shape index (κ3) is 3.97. The van der Waals surface area contributed by atoms with Gasteiger partial charge in [0.05, 0.1) is 16.8 Å². The fourth-order valence-electron chi connectivity index (χ4n) is 2.98. The first-order valence-corrected chi connectivity index (χ1v) is 8.91. The minimum absolute atomic E-state index is 0.0323. The number of alkyl halides is 2. The molecule has 0 fully saturated rings. The first-order valence-electron chi connectivity index (χ1n) is 8.91. The summed E-state index contributed by atoms with van der Waals surface area (Å²) < 4.78 is 28.8. The zero-order valence-electron chi connectivity index (χ0n) is 15.5. The van der Waals surface area contributed by atoms with Crippen molar-refractivity contribution in [3.8, 4) is 11.3 Å². The second-order valence-corrected chi connectivity index (χ2v) is 6.58. The zero-order valence-corrected chi connectivity index (χ0v) is 15.5. The normalized spacial score (nSPS) is 12.5. The summed E-state index contributed by atoms with van der Waals surface area (Å²) in [7, 11) is 0. The lowest BCUT2D eigenvalue weighted by Gasteiger charge is -2.12. The second kappa shape index (κ2) is 7.82. The average Bonchev–Trinajstić information content (AvgIpc) is 2.96. The van der Waals surface area contributed by atoms with Gasteiger partial charge in [-0.3, -0.25) is 4.79 Å². The van der Waals surface area contributed by atoms with E-state index in [1.54, 1.807) is 6.92 Å². The molecule has 0 aliphatic heterocycles. The van der Waals surface area contributed by atoms with Gasteiger partial charge in [0.2, 0.25) is 5.91 Å². The monoisotopic (exact) mass is 372 g/mol. The number of hydrogen-bond donors (Lipinski definition) is 1. The highest BCUT2D eigenvalue weighted by molar-refractivity contribution is 5.87. The van der Waals surface area contributed by atoms with Crippen LogP contribution in [0.2, 0.25) is 0 Å². The van der Waals surface area contributed by atoms with Crippen LogP contribution in [0.1, 0.15) is 38.0 Å². The predicted molar refractivity (Wildman–Crippen MR) is 101 cm³/mol. The summed E-state index contributed by atoms with van der Waals surface area (Å²) >= 11 is 0. The summed E-state index contributed by atoms with van der Waals surface area (Å²) in [4.78, 5) is 16.8. The second-order valence-electron chi connectivity index (χ2n) is 6.58. The largest absolute Gasteiger partial charge is 0.352 e. The van der Waals surface area contributed by atoms with Crippen molar-refractivity contribution in [3.05, 3.63) is 47.7 Å². The molecule has 1 amide bonds. The number of aryl methyl sites for hydroxylation is 1. The van der Waals surface area contributed by atoms with E-state index < -0.39 is 6.43 Å². The van der Waals surface area contributed by atoms with Gasteiger partial charge in [-0.15, -0.1) is 0 Å². The summed E-state index contributed by atoms with van der Waals surface area (Å²) in [6.07, 6.45) is -1.86. The smallest absolute Gasteiger partial charge is 0.264 e. The van der Waals surface area contributed by atoms with Crippen molar-refractivity contribution < 1.29 is 13.6 Å². The highest BCUT2D eigenvalue weighted by Gasteiger charge is 2.22. The third-order valence-electron chi connectivity index (χ3n) is 4.53. The SMILES string of the molecule is CCC(C)NC(=O)Cn1nc(C)c2c(C(F)F)cc(-c3ccccc3)nc21. The fourth-order valence-corrected chi connectivity index (χ4v) is 2.98. The Balaban J connectivity index is 2.10. The lowest BCUT2D eigenvalue weighted by molar-refractivity contribution is -0.122. The van der Waals surface area contributed by atoms with Gasteiger partial charge in [0.25, 0.3) is 6.43 Å². The highest BCUT2D eigenvalue weighted by atomic mass is 19.3. The van der Waals surface area contributed by atoms with Crippen molar-refractivity contribution in [2.24, 2.45) is 0 Å². The molecule has 27 heavy (non-hydrogen) atoms. The quantitative estimate of drug-likeness (QED) is 0.703. The van der Waals surface area contributed by atoms with E-state index in [-0.39, 0.29) is 24.1 Å². The van der Waals surface area contributed by atoms with Gasteiger partial charge in [0, 0.05) is 17.2 Å². The van der Waals surface area contributed by atoms with Crippen LogP contribution in [0.5, 0.6) is 0 Å². The number of pyridine rings is 1. The van der Waals surface area contributed by atoms with E-state index in [0.29, 0.717) is 22.4 Å². The molecule has 3 aromatic rings. The molecule has 3 rings (SSSR count). The maximum absolute atomic E-state index is 13.7. The topological polar surface area (TPSA) is 59.8 Å². The van der Waals surface area contributed by atoms with Crippen LogP contribution >= 0.6 is 0 Å². The fraction of sp³-hybridized carbons (Fsp3) is 0.350. The number of hydrogen-bond acceptors (Lipinski definition) is 3. The number of rotatable bonds is 6. The molecule has 0 aliphatic carbocycles. The molecule has 1 unspecified atom stereocenters. The minimum atomic E-state index is -2.66. The van der Waals surface area contributed by atoms with Crippen LogP contribution < -0.4 is 5.32 Å². The Morgan fingerprint density at radius 1 is 1.26 bits per heavy atom. The molecule has 0 aliphatic rings. The van der Waals surface area contributed by atoms with Crippen molar-refractivity contribution in [2.75, 3.05) is 0 Å². The van der Waals surface area contributed by atoms with E-state index in [9.17, 15) is 13.6 Å². The number of benzene rings is 1. The standard InChI is InChI=1S/C20H22F2N4O/c1-4-12(2)23-17(27)11-26-20-18(13(3)25-26)15(19(21)22)10-16(24-20)14-8-6-5-7-9-14/h5-10,12,19H,4,11H2,1-3H3,(H,23,27). The summed E-state index contributed by atoms with van der Waals surface area (Å²) in [5.41, 5.74) is 1.77. The third-order valence-corrected chi connectivity index (χ3v) is 4.53. The minimum Gasteiger partial charge on any atom is -0.352 e. The molecule has 0 saturated carbocycles. The van der Waals surface area contributed by atoms with Crippen molar-refractivity contribution in [2.45, 2.75) is 46.2 Å². The van der Waals surface area contributed by atoms with Crippen molar-refractivity contribution in [1.29, 1.82) is 0 Å². The summed E-state index contributed by atoms with van der Waals surface area (Å²) in [6.45, 7) is 5.47. The van der Waals surface area contributed by atoms with Crippen molar-refractivity contribution >= 4 is 16.9 Å². The Kier molecular flexibility index (Phi) is 5.48. The van der Waals surface area contributed by atoms with E-state index >= 15 is 0 Å². The molecular formula is C20H22F2N4O. The number of carbonyl (C=O) groups is 1. The number of halogens is 2. The van der Waals surface area contributed by atoms with Gasteiger partial charge in [-0.25, -0.2) is 18.4 Å². The van der Waals surface area contributed by atoms with Gasteiger partial charge in [0.15, 0.2) is 5.65 Å². The zero-order chi connectivity index (χ0) is 19.6. The number of carbonyl (C=O) groups excluding carboxylic acids is 1. The Morgan fingerprint density at radius 2 is 1.96 bits per heavy atom. The highest BCUT2D eigenvalue weighted by Crippen LogP contribution is 2.32. The molecule has 1 aromatic carbocycles. The Bertz CT molecular complexity index is 954. The summed E-state index contributed by atoms with van der Waals surface area (Å²) in [5, 5.41) is 7.47. The first-order chi connectivity index (χ1) is 12.9. The van der Waals surface area contributed by atoms with Gasteiger partial charge in [-0.1, -0.05) is 37.3 Å². The number of fused-ring (bicyclic) bond motifs is 1. The molecule has 0 saturated heterocycles. The van der Waals surface area contributed by atoms with Crippen LogP contribution in [-0.4, -0.2) is 26.7 Å². The van der Waals surface area contributed by atoms with Crippen LogP contribution in [0.25, 0.3) is 22.3 Å². The van der Waals surface area contributed by atoms with E-state index in [1.807, 2.05) is 44.2 Å². The molecule has 7 heteroatoms. The molecule has 0 spiro atoms. The number of aromatic nitrogens is 3. The van der Waals surface area contributed by atoms with E-state index in [2.05, 4.69) is 15.4 Å². The predicted octanol–water partition coefficient (Wildman–Crippen LogP) is 4.26. The molecule has 142 valence electrons. The van der Waals surface area contributed by atoms with Crippen LogP contribution in [-0.2, 0) is 11.3 Å². The van der Waals surface area contributed by atoms with Crippen molar-refractivity contribution in [3.63, 3.8) is 0 Å². The molecule has 0 radical (unpaired) electrons. The van der Waals surface area contributed by atoms with Gasteiger partial charge >= 0.3 is 0 Å². The maximum atomic E-state index is 13.7. The number of nitrogens with zero attached hydrogens (tertiary/aromatic N) is 3. The van der Waals surface area contributed by atoms with Crippen LogP contribution in [0.3, 0.4) is 0 Å². The van der Waals surface area contributed by atoms with Gasteiger partial charge in [-0.2, -0.15) is 5.10 Å². The molecule has 1 atom stereocenters. The molecule has 1 N–H and O–H groups in total. The summed E-state index contributed by atoms with van der Waals surface area (Å²) in [5.74, 6) is -0.223. The van der Waals surface area contributed by atoms with Crippen LogP contribution in [0.4, 0.5) is 8.78 Å². The Labute approximate surface area is 156 Å². The van der Waals surface area contributed by atoms with Crippen LogP contribution in [0, 0.1) is 6.92 Å². The molecule has 5 nitrogen and oxygen atoms in total. The van der Waals surface area contributed by atoms with Gasteiger partial charge in [0.1, 0.15) is 6.54 Å². The molecule has 2 heterocycles. The molecule has 2 aromatic heterocycles. The number of nitrogens with one attached hydrogen (secondary N) is 1. The summed E-state index contributed by atoms with van der Waals surface area (Å²) in [6, 6.07) is 10.6. The van der Waals surface area contributed by atoms with E-state index in [1.165, 1.54) is 10.7 Å². The van der Waals surface area contributed by atoms with E-state index in [4.69, 9.17) is 0 Å². The molecular weight excluding hydrogens is 350 g/mol. The van der Waals surface area contributed by atoms with E-state index in [0.717, 1.165) is 12.0 Å². The Morgan fingerprint density at radius 3 is 2.59 bits per heavy atom. The first kappa shape index (κ1) is 18.9. The molecule has 0 bridgehead atoms. The Hall–Kier alpha value is -2.83. The average molecular weight is 372 g/mol. The van der Waals surface area contributed by atoms with Crippen LogP contribution in [0.15, 0.2) is 36.4 Å². The lowest BCUT2D eigenvalue weighted by Crippen LogP contribution is -2.34. The van der Waals surface area contributed by atoms with Crippen molar-refractivity contribution in [1.82, 2.24) is 20.1 Å². The van der Waals surface area contributed by atoms with Gasteiger partial charge < -0.3 is 5.32 Å². The number of amides is 1. The van der Waals surface area contributed by atoms with Gasteiger partial charge in [-0.05, 0) is 26.3 Å².